The van der Waals surface area contributed by atoms with Gasteiger partial charge in [0, 0.05) is 60.8 Å². The summed E-state index contributed by atoms with van der Waals surface area (Å²) in [7, 11) is -0.645. The van der Waals surface area contributed by atoms with Gasteiger partial charge in [0.25, 0.3) is 11.8 Å². The molecule has 14 nitrogen and oxygen atoms in total. The number of ether oxygens (including phenoxy) is 2. The lowest BCUT2D eigenvalue weighted by Crippen LogP contribution is -2.54. The number of hydrogen-bond acceptors (Lipinski definition) is 10. The third kappa shape index (κ3) is 7.18. The summed E-state index contributed by atoms with van der Waals surface area (Å²) >= 11 is 0. The number of para-hydroxylation sites is 1. The number of imide groups is 1. The van der Waals surface area contributed by atoms with Crippen LogP contribution in [0, 0.1) is 5.92 Å². The Labute approximate surface area is 306 Å². The van der Waals surface area contributed by atoms with Crippen molar-refractivity contribution in [2.24, 2.45) is 5.92 Å². The van der Waals surface area contributed by atoms with Crippen molar-refractivity contribution in [3.8, 4) is 0 Å². The number of fused-ring (bicyclic) bond motifs is 1. The van der Waals surface area contributed by atoms with Crippen LogP contribution < -0.4 is 5.32 Å². The van der Waals surface area contributed by atoms with Gasteiger partial charge in [-0.2, -0.15) is 0 Å². The van der Waals surface area contributed by atoms with Crippen molar-refractivity contribution in [2.75, 3.05) is 27.9 Å². The summed E-state index contributed by atoms with van der Waals surface area (Å²) in [5, 5.41) is 4.95. The SMILES string of the molecule is COC(=O)[C@H](Cc1c[nH]c2ccccc12)NC(=O)[C@@H]1C[C@@H](CCN2C(=O)c3cccc4cccc(c34)C2=O)[C@H](P(=O)(OC)OC)N1C(=O)OC(C)(C)C. The van der Waals surface area contributed by atoms with Crippen molar-refractivity contribution in [1.29, 1.82) is 0 Å². The number of carbonyl (C=O) groups excluding carboxylic acids is 5. The van der Waals surface area contributed by atoms with Crippen molar-refractivity contribution in [1.82, 2.24) is 20.1 Å². The van der Waals surface area contributed by atoms with Crippen LogP contribution in [0.15, 0.2) is 66.9 Å². The van der Waals surface area contributed by atoms with E-state index in [1.165, 1.54) is 21.3 Å². The zero-order chi connectivity index (χ0) is 38.2. The molecule has 0 bridgehead atoms. The smallest absolute Gasteiger partial charge is 0.411 e. The molecule has 0 radical (unpaired) electrons. The van der Waals surface area contributed by atoms with E-state index in [1.807, 2.05) is 36.4 Å². The van der Waals surface area contributed by atoms with Gasteiger partial charge in [-0.3, -0.25) is 28.7 Å². The Morgan fingerprint density at radius 1 is 0.943 bits per heavy atom. The minimum atomic E-state index is -4.20. The summed E-state index contributed by atoms with van der Waals surface area (Å²) in [4.78, 5) is 74.3. The lowest BCUT2D eigenvalue weighted by Gasteiger charge is -2.36. The van der Waals surface area contributed by atoms with Crippen LogP contribution in [-0.2, 0) is 39.1 Å². The highest BCUT2D eigenvalue weighted by molar-refractivity contribution is 7.54. The van der Waals surface area contributed by atoms with Gasteiger partial charge in [0.15, 0.2) is 0 Å². The van der Waals surface area contributed by atoms with Gasteiger partial charge in [-0.15, -0.1) is 0 Å². The molecule has 3 aromatic carbocycles. The lowest BCUT2D eigenvalue weighted by atomic mass is 9.93. The van der Waals surface area contributed by atoms with E-state index in [2.05, 4.69) is 10.3 Å². The molecule has 1 fully saturated rings. The highest BCUT2D eigenvalue weighted by atomic mass is 31.2. The van der Waals surface area contributed by atoms with E-state index in [-0.39, 0.29) is 25.8 Å². The number of rotatable bonds is 11. The highest BCUT2D eigenvalue weighted by Crippen LogP contribution is 2.60. The molecule has 0 saturated carbocycles. The molecule has 4 amide bonds. The molecule has 2 N–H and O–H groups in total. The van der Waals surface area contributed by atoms with Gasteiger partial charge in [0.1, 0.15) is 23.5 Å². The standard InChI is InChI=1S/C38H43N4O10P/c1-38(2,3)52-37(47)42-30(32(43)40-29(36(46)49-4)19-24-21-39-28-16-8-7-13-25(24)28)20-23(35(42)53(48,50-5)51-6)17-18-41-33(44)26-14-9-11-22-12-10-15-27(31(22)26)34(41)45/h7-16,21,23,29-30,35,39H,17-20H2,1-6H3,(H,40,43)/t23-,29+,30+,35+/m1/s1. The quantitative estimate of drug-likeness (QED) is 0.111. The van der Waals surface area contributed by atoms with Crippen LogP contribution in [0.4, 0.5) is 4.79 Å². The molecular weight excluding hydrogens is 703 g/mol. The molecule has 2 aliphatic rings. The zero-order valence-electron chi connectivity index (χ0n) is 30.4. The molecule has 4 aromatic rings. The van der Waals surface area contributed by atoms with Gasteiger partial charge in [-0.1, -0.05) is 42.5 Å². The average Bonchev–Trinajstić information content (AvgIpc) is 3.74. The number of esters is 1. The number of carbonyl (C=O) groups is 5. The van der Waals surface area contributed by atoms with E-state index in [0.717, 1.165) is 31.7 Å². The van der Waals surface area contributed by atoms with Crippen LogP contribution in [0.3, 0.4) is 0 Å². The zero-order valence-corrected chi connectivity index (χ0v) is 31.3. The fraction of sp³-hybridized carbons (Fsp3) is 0.395. The van der Waals surface area contributed by atoms with E-state index >= 15 is 0 Å². The van der Waals surface area contributed by atoms with Crippen molar-refractivity contribution in [3.63, 3.8) is 0 Å². The molecule has 3 heterocycles. The summed E-state index contributed by atoms with van der Waals surface area (Å²) in [5.74, 6) is -4.60. The molecular formula is C38H43N4O10P. The van der Waals surface area contributed by atoms with Crippen LogP contribution in [-0.4, -0.2) is 95.9 Å². The Morgan fingerprint density at radius 3 is 2.19 bits per heavy atom. The molecule has 4 atom stereocenters. The van der Waals surface area contributed by atoms with E-state index in [4.69, 9.17) is 18.5 Å². The van der Waals surface area contributed by atoms with Gasteiger partial charge >= 0.3 is 19.7 Å². The summed E-state index contributed by atoms with van der Waals surface area (Å²) in [6.07, 6.45) is 0.787. The van der Waals surface area contributed by atoms with Gasteiger partial charge in [-0.05, 0) is 68.7 Å². The Balaban J connectivity index is 1.33. The van der Waals surface area contributed by atoms with Crippen molar-refractivity contribution in [3.05, 3.63) is 83.6 Å². The van der Waals surface area contributed by atoms with Crippen LogP contribution in [0.5, 0.6) is 0 Å². The lowest BCUT2D eigenvalue weighted by molar-refractivity contribution is -0.145. The summed E-state index contributed by atoms with van der Waals surface area (Å²) in [6.45, 7) is 4.82. The number of likely N-dealkylation sites (tertiary alicyclic amines) is 1. The summed E-state index contributed by atoms with van der Waals surface area (Å²) in [6, 6.07) is 15.5. The van der Waals surface area contributed by atoms with Crippen molar-refractivity contribution >= 4 is 59.1 Å². The third-order valence-corrected chi connectivity index (χ3v) is 12.1. The van der Waals surface area contributed by atoms with E-state index < -0.39 is 66.8 Å². The minimum Gasteiger partial charge on any atom is -0.467 e. The topological polar surface area (TPSA) is 174 Å². The largest absolute Gasteiger partial charge is 0.467 e. The van der Waals surface area contributed by atoms with Crippen molar-refractivity contribution < 1.29 is 47.1 Å². The monoisotopic (exact) mass is 746 g/mol. The highest BCUT2D eigenvalue weighted by Gasteiger charge is 2.57. The number of hydrogen-bond donors (Lipinski definition) is 2. The number of aromatic nitrogens is 1. The van der Waals surface area contributed by atoms with Gasteiger partial charge < -0.3 is 28.8 Å². The Kier molecular flexibility index (Phi) is 10.5. The normalized spacial score (nSPS) is 19.5. The fourth-order valence-electron chi connectivity index (χ4n) is 7.39. The van der Waals surface area contributed by atoms with Crippen LogP contribution >= 0.6 is 7.60 Å². The van der Waals surface area contributed by atoms with Crippen LogP contribution in [0.1, 0.15) is 59.9 Å². The number of H-pyrrole nitrogens is 1. The van der Waals surface area contributed by atoms with Crippen LogP contribution in [0.2, 0.25) is 0 Å². The first-order chi connectivity index (χ1) is 25.2. The fourth-order valence-corrected chi connectivity index (χ4v) is 9.32. The predicted molar refractivity (Wildman–Crippen MR) is 195 cm³/mol. The summed E-state index contributed by atoms with van der Waals surface area (Å²) < 4.78 is 36.0. The first-order valence-corrected chi connectivity index (χ1v) is 18.9. The molecule has 0 spiro atoms. The van der Waals surface area contributed by atoms with Gasteiger partial charge in [0.2, 0.25) is 5.91 Å². The number of aromatic amines is 1. The van der Waals surface area contributed by atoms with Gasteiger partial charge in [-0.25, -0.2) is 9.59 Å². The molecule has 2 aliphatic heterocycles. The molecule has 15 heteroatoms. The molecule has 280 valence electrons. The maximum absolute atomic E-state index is 14.3. The van der Waals surface area contributed by atoms with Crippen molar-refractivity contribution in [2.45, 2.75) is 63.5 Å². The number of amides is 4. The molecule has 0 unspecified atom stereocenters. The third-order valence-electron chi connectivity index (χ3n) is 9.79. The Bertz CT molecular complexity index is 2080. The van der Waals surface area contributed by atoms with E-state index in [9.17, 15) is 28.5 Å². The van der Waals surface area contributed by atoms with Crippen LogP contribution in [0.25, 0.3) is 21.7 Å². The first kappa shape index (κ1) is 37.7. The first-order valence-electron chi connectivity index (χ1n) is 17.2. The maximum Gasteiger partial charge on any atom is 0.411 e. The predicted octanol–water partition coefficient (Wildman–Crippen LogP) is 5.65. The van der Waals surface area contributed by atoms with E-state index in [1.54, 1.807) is 51.2 Å². The average molecular weight is 747 g/mol. The second-order valence-electron chi connectivity index (χ2n) is 14.1. The number of nitrogens with one attached hydrogen (secondary N) is 2. The molecule has 6 rings (SSSR count). The molecule has 1 saturated heterocycles. The number of methoxy groups -OCH3 is 1. The number of benzene rings is 3. The summed E-state index contributed by atoms with van der Waals surface area (Å²) in [5.41, 5.74) is 1.32. The van der Waals surface area contributed by atoms with E-state index in [0.29, 0.717) is 16.5 Å². The second kappa shape index (κ2) is 14.8. The molecule has 1 aromatic heterocycles. The maximum atomic E-state index is 14.3. The Hall–Kier alpha value is -5.04. The minimum absolute atomic E-state index is 0.0237. The number of nitrogens with zero attached hydrogens (tertiary/aromatic N) is 2. The molecule has 0 aliphatic carbocycles. The Morgan fingerprint density at radius 2 is 1.58 bits per heavy atom. The second-order valence-corrected chi connectivity index (χ2v) is 16.5. The van der Waals surface area contributed by atoms with Gasteiger partial charge in [0.05, 0.1) is 7.11 Å². The molecule has 53 heavy (non-hydrogen) atoms.